The number of pyridine rings is 1. The minimum Gasteiger partial charge on any atom is -0.406 e. The summed E-state index contributed by atoms with van der Waals surface area (Å²) in [5.41, 5.74) is 9.77. The van der Waals surface area contributed by atoms with Gasteiger partial charge in [0, 0.05) is 37.3 Å². The van der Waals surface area contributed by atoms with Gasteiger partial charge in [0.05, 0.1) is 12.6 Å². The van der Waals surface area contributed by atoms with E-state index in [9.17, 15) is 18.0 Å². The molecule has 0 saturated carbocycles. The van der Waals surface area contributed by atoms with E-state index in [1.54, 1.807) is 24.4 Å². The molecule has 0 aliphatic rings. The van der Waals surface area contributed by atoms with Crippen LogP contribution in [0.15, 0.2) is 66.9 Å². The van der Waals surface area contributed by atoms with E-state index in [1.165, 1.54) is 12.1 Å². The number of ether oxygens (including phenoxy) is 1. The second-order valence-electron chi connectivity index (χ2n) is 9.42. The Morgan fingerprint density at radius 1 is 1.08 bits per heavy atom. The molecule has 4 N–H and O–H groups in total. The molecule has 4 aromatic rings. The molecular weight excluding hydrogens is 509 g/mol. The first-order valence-electron chi connectivity index (χ1n) is 12.6. The highest BCUT2D eigenvalue weighted by atomic mass is 19.4. The summed E-state index contributed by atoms with van der Waals surface area (Å²) in [7, 11) is 0. The van der Waals surface area contributed by atoms with E-state index in [0.717, 1.165) is 16.8 Å². The second kappa shape index (κ2) is 12.2. The summed E-state index contributed by atoms with van der Waals surface area (Å²) < 4.78 is 43.3. The number of nitrogens with zero attached hydrogens (tertiary/aromatic N) is 3. The van der Waals surface area contributed by atoms with Crippen molar-refractivity contribution in [2.24, 2.45) is 5.73 Å². The van der Waals surface area contributed by atoms with Crippen LogP contribution in [0.1, 0.15) is 43.3 Å². The van der Waals surface area contributed by atoms with Gasteiger partial charge in [-0.25, -0.2) is 9.97 Å². The van der Waals surface area contributed by atoms with Crippen LogP contribution in [0.2, 0.25) is 0 Å². The van der Waals surface area contributed by atoms with Gasteiger partial charge in [0.25, 0.3) is 0 Å². The van der Waals surface area contributed by atoms with Gasteiger partial charge in [-0.15, -0.1) is 13.2 Å². The molecule has 0 aliphatic heterocycles. The molecular formula is C28H31F3N6O2. The van der Waals surface area contributed by atoms with Crippen LogP contribution >= 0.6 is 0 Å². The highest BCUT2D eigenvalue weighted by molar-refractivity contribution is 5.77. The van der Waals surface area contributed by atoms with Crippen LogP contribution in [0.3, 0.4) is 0 Å². The number of halogens is 3. The van der Waals surface area contributed by atoms with Crippen LogP contribution in [0.25, 0.3) is 11.2 Å². The summed E-state index contributed by atoms with van der Waals surface area (Å²) in [6.07, 6.45) is -2.53. The van der Waals surface area contributed by atoms with Gasteiger partial charge in [-0.2, -0.15) is 0 Å². The summed E-state index contributed by atoms with van der Waals surface area (Å²) in [6.45, 7) is 4.85. The van der Waals surface area contributed by atoms with E-state index in [1.807, 2.05) is 48.7 Å². The molecule has 11 heteroatoms. The molecule has 2 heterocycles. The zero-order valence-corrected chi connectivity index (χ0v) is 21.7. The lowest BCUT2D eigenvalue weighted by atomic mass is 10.1. The molecule has 2 atom stereocenters. The Morgan fingerprint density at radius 3 is 2.46 bits per heavy atom. The van der Waals surface area contributed by atoms with E-state index >= 15 is 0 Å². The Balaban J connectivity index is 1.40. The Morgan fingerprint density at radius 2 is 1.79 bits per heavy atom. The summed E-state index contributed by atoms with van der Waals surface area (Å²) in [5.74, 6) is 0.246. The Hall–Kier alpha value is -4.12. The zero-order valence-electron chi connectivity index (χ0n) is 21.7. The van der Waals surface area contributed by atoms with E-state index < -0.39 is 6.36 Å². The van der Waals surface area contributed by atoms with Gasteiger partial charge in [0.15, 0.2) is 5.65 Å². The SMILES string of the molecule is C[C@H](NC(=O)CCc1nc2cccnc2n1Cc1ccc(OC(F)(F)F)cc1)c1ccc(NC[C@@H](C)N)cc1. The molecule has 2 aromatic heterocycles. The van der Waals surface area contributed by atoms with Crippen molar-refractivity contribution in [3.8, 4) is 5.75 Å². The fraction of sp³-hybridized carbons (Fsp3) is 0.321. The fourth-order valence-corrected chi connectivity index (χ4v) is 4.13. The van der Waals surface area contributed by atoms with Crippen molar-refractivity contribution in [2.75, 3.05) is 11.9 Å². The molecule has 4 rings (SSSR count). The van der Waals surface area contributed by atoms with Crippen molar-refractivity contribution in [3.63, 3.8) is 0 Å². The molecule has 1 amide bonds. The van der Waals surface area contributed by atoms with Crippen LogP contribution in [-0.2, 0) is 17.8 Å². The number of nitrogens with two attached hydrogens (primary N) is 1. The van der Waals surface area contributed by atoms with E-state index in [2.05, 4.69) is 25.3 Å². The first-order chi connectivity index (χ1) is 18.6. The third-order valence-corrected chi connectivity index (χ3v) is 6.07. The van der Waals surface area contributed by atoms with Crippen LogP contribution < -0.4 is 21.1 Å². The quantitative estimate of drug-likeness (QED) is 0.249. The maximum atomic E-state index is 12.8. The lowest BCUT2D eigenvalue weighted by Crippen LogP contribution is -2.27. The van der Waals surface area contributed by atoms with Gasteiger partial charge in [0.2, 0.25) is 5.91 Å². The monoisotopic (exact) mass is 540 g/mol. The highest BCUT2D eigenvalue weighted by Gasteiger charge is 2.31. The van der Waals surface area contributed by atoms with Crippen molar-refractivity contribution in [1.29, 1.82) is 0 Å². The van der Waals surface area contributed by atoms with Gasteiger partial charge in [0.1, 0.15) is 17.1 Å². The smallest absolute Gasteiger partial charge is 0.406 e. The van der Waals surface area contributed by atoms with E-state index in [4.69, 9.17) is 5.73 Å². The first kappa shape index (κ1) is 27.9. The van der Waals surface area contributed by atoms with Gasteiger partial charge in [-0.1, -0.05) is 24.3 Å². The summed E-state index contributed by atoms with van der Waals surface area (Å²) in [5, 5.41) is 6.28. The number of nitrogens with one attached hydrogen (secondary N) is 2. The summed E-state index contributed by atoms with van der Waals surface area (Å²) in [4.78, 5) is 21.9. The lowest BCUT2D eigenvalue weighted by Gasteiger charge is -2.16. The van der Waals surface area contributed by atoms with Gasteiger partial charge in [-0.3, -0.25) is 4.79 Å². The average molecular weight is 541 g/mol. The van der Waals surface area contributed by atoms with Crippen LogP contribution in [0.4, 0.5) is 18.9 Å². The van der Waals surface area contributed by atoms with Crippen molar-refractivity contribution < 1.29 is 22.7 Å². The number of imidazole rings is 1. The minimum atomic E-state index is -4.75. The number of fused-ring (bicyclic) bond motifs is 1. The number of aryl methyl sites for hydroxylation is 1. The number of alkyl halides is 3. The number of amides is 1. The number of hydrogen-bond donors (Lipinski definition) is 3. The van der Waals surface area contributed by atoms with E-state index in [-0.39, 0.29) is 30.2 Å². The number of aromatic nitrogens is 3. The molecule has 0 aliphatic carbocycles. The van der Waals surface area contributed by atoms with Crippen molar-refractivity contribution in [3.05, 3.63) is 83.8 Å². The number of rotatable bonds is 11. The van der Waals surface area contributed by atoms with Crippen LogP contribution in [0.5, 0.6) is 5.75 Å². The second-order valence-corrected chi connectivity index (χ2v) is 9.42. The average Bonchev–Trinajstić information content (AvgIpc) is 3.24. The van der Waals surface area contributed by atoms with Gasteiger partial charge < -0.3 is 25.7 Å². The fourth-order valence-electron chi connectivity index (χ4n) is 4.13. The maximum absolute atomic E-state index is 12.8. The van der Waals surface area contributed by atoms with Crippen molar-refractivity contribution in [2.45, 2.75) is 51.7 Å². The number of carbonyl (C=O) groups is 1. The number of carbonyl (C=O) groups excluding carboxylic acids is 1. The molecule has 0 bridgehead atoms. The first-order valence-corrected chi connectivity index (χ1v) is 12.6. The Kier molecular flexibility index (Phi) is 8.70. The molecule has 0 saturated heterocycles. The summed E-state index contributed by atoms with van der Waals surface area (Å²) >= 11 is 0. The number of anilines is 1. The highest BCUT2D eigenvalue weighted by Crippen LogP contribution is 2.24. The van der Waals surface area contributed by atoms with Gasteiger partial charge >= 0.3 is 6.36 Å². The molecule has 0 spiro atoms. The molecule has 0 fully saturated rings. The molecule has 8 nitrogen and oxygen atoms in total. The maximum Gasteiger partial charge on any atom is 0.573 e. The Bertz CT molecular complexity index is 1390. The van der Waals surface area contributed by atoms with Crippen LogP contribution in [0, 0.1) is 0 Å². The predicted octanol–water partition coefficient (Wildman–Crippen LogP) is 4.95. The topological polar surface area (TPSA) is 107 Å². The lowest BCUT2D eigenvalue weighted by molar-refractivity contribution is -0.274. The molecule has 206 valence electrons. The largest absolute Gasteiger partial charge is 0.573 e. The molecule has 0 radical (unpaired) electrons. The summed E-state index contributed by atoms with van der Waals surface area (Å²) in [6, 6.07) is 17.0. The van der Waals surface area contributed by atoms with Gasteiger partial charge in [-0.05, 0) is 61.4 Å². The van der Waals surface area contributed by atoms with Crippen molar-refractivity contribution in [1.82, 2.24) is 19.9 Å². The molecule has 39 heavy (non-hydrogen) atoms. The normalized spacial score (nSPS) is 13.2. The third-order valence-electron chi connectivity index (χ3n) is 6.07. The minimum absolute atomic E-state index is 0.0466. The Labute approximate surface area is 224 Å². The van der Waals surface area contributed by atoms with Crippen LogP contribution in [-0.4, -0.2) is 39.4 Å². The molecule has 2 aromatic carbocycles. The third kappa shape index (κ3) is 7.93. The number of hydrogen-bond acceptors (Lipinski definition) is 6. The van der Waals surface area contributed by atoms with Crippen molar-refractivity contribution >= 4 is 22.8 Å². The predicted molar refractivity (Wildman–Crippen MR) is 143 cm³/mol. The standard InChI is InChI=1S/C28H31F3N6O2/c1-18(32)16-34-22-9-7-21(8-10-22)19(2)35-26(38)14-13-25-36-24-4-3-15-33-27(24)37(25)17-20-5-11-23(12-6-20)39-28(29,30)31/h3-12,15,18-19,34H,13-14,16-17,32H2,1-2H3,(H,35,38)/t18-,19+/m1/s1. The number of benzene rings is 2. The molecule has 0 unspecified atom stereocenters. The zero-order chi connectivity index (χ0) is 28.0. The van der Waals surface area contributed by atoms with E-state index in [0.29, 0.717) is 36.5 Å².